The van der Waals surface area contributed by atoms with Gasteiger partial charge in [-0.25, -0.2) is 4.98 Å². The predicted molar refractivity (Wildman–Crippen MR) is 79.0 cm³/mol. The minimum atomic E-state index is 0.119. The number of fused-ring (bicyclic) bond motifs is 1. The Hall–Kier alpha value is -3.31. The molecule has 0 bridgehead atoms. The topological polar surface area (TPSA) is 82.8 Å². The molecule has 0 amide bonds. The molecule has 106 valence electrons. The fraction of sp³-hybridized carbons (Fsp3) is 0.118. The normalized spacial score (nSPS) is 10.1. The number of oxazole rings is 1. The van der Waals surface area contributed by atoms with Gasteiger partial charge in [0.2, 0.25) is 5.89 Å². The molecular weight excluding hydrogens is 278 g/mol. The summed E-state index contributed by atoms with van der Waals surface area (Å²) in [5.41, 5.74) is 3.20. The third-order valence-corrected chi connectivity index (χ3v) is 3.17. The van der Waals surface area contributed by atoms with Gasteiger partial charge < -0.3 is 9.15 Å². The van der Waals surface area contributed by atoms with Crippen LogP contribution in [0.1, 0.15) is 22.6 Å². The highest BCUT2D eigenvalue weighted by Crippen LogP contribution is 2.22. The first-order valence-electron chi connectivity index (χ1n) is 6.63. The van der Waals surface area contributed by atoms with Crippen LogP contribution >= 0.6 is 0 Å². The largest absolute Gasteiger partial charge is 0.482 e. The molecule has 0 fully saturated rings. The molecule has 1 aromatic heterocycles. The molecule has 0 saturated heterocycles. The van der Waals surface area contributed by atoms with E-state index >= 15 is 0 Å². The maximum atomic E-state index is 9.11. The Morgan fingerprint density at radius 1 is 1.14 bits per heavy atom. The van der Waals surface area contributed by atoms with Gasteiger partial charge in [-0.3, -0.25) is 0 Å². The molecule has 0 saturated carbocycles. The summed E-state index contributed by atoms with van der Waals surface area (Å²) < 4.78 is 11.2. The summed E-state index contributed by atoms with van der Waals surface area (Å²) in [4.78, 5) is 4.29. The van der Waals surface area contributed by atoms with Gasteiger partial charge in [-0.05, 0) is 36.8 Å². The van der Waals surface area contributed by atoms with Crippen LogP contribution in [-0.2, 0) is 6.61 Å². The summed E-state index contributed by atoms with van der Waals surface area (Å²) in [5.74, 6) is 0.891. The molecule has 2 aromatic carbocycles. The second-order valence-corrected chi connectivity index (χ2v) is 4.80. The highest BCUT2D eigenvalue weighted by atomic mass is 16.5. The lowest BCUT2D eigenvalue weighted by molar-refractivity contribution is 0.266. The number of ether oxygens (including phenoxy) is 1. The van der Waals surface area contributed by atoms with Gasteiger partial charge in [-0.1, -0.05) is 6.07 Å². The van der Waals surface area contributed by atoms with Crippen molar-refractivity contribution in [3.63, 3.8) is 0 Å². The molecule has 22 heavy (non-hydrogen) atoms. The number of rotatable bonds is 3. The van der Waals surface area contributed by atoms with Crippen molar-refractivity contribution in [2.75, 3.05) is 0 Å². The molecule has 0 spiro atoms. The van der Waals surface area contributed by atoms with Gasteiger partial charge in [-0.2, -0.15) is 10.5 Å². The van der Waals surface area contributed by atoms with Crippen molar-refractivity contribution in [3.05, 3.63) is 59.0 Å². The summed E-state index contributed by atoms with van der Waals surface area (Å²) in [5, 5.41) is 18.0. The smallest absolute Gasteiger partial charge is 0.233 e. The Balaban J connectivity index is 1.83. The zero-order chi connectivity index (χ0) is 15.5. The third kappa shape index (κ3) is 2.61. The van der Waals surface area contributed by atoms with Gasteiger partial charge in [-0.15, -0.1) is 0 Å². The Morgan fingerprint density at radius 3 is 2.77 bits per heavy atom. The van der Waals surface area contributed by atoms with Crippen molar-refractivity contribution < 1.29 is 9.15 Å². The predicted octanol–water partition coefficient (Wildman–Crippen LogP) is 3.46. The molecule has 0 atom stereocenters. The van der Waals surface area contributed by atoms with Crippen LogP contribution in [0, 0.1) is 29.6 Å². The fourth-order valence-corrected chi connectivity index (χ4v) is 2.10. The SMILES string of the molecule is Cc1ccc(OCc2nc3ccc(C#N)cc3o2)c(C#N)c1. The maximum absolute atomic E-state index is 9.11. The van der Waals surface area contributed by atoms with Gasteiger partial charge in [0, 0.05) is 6.07 Å². The Kier molecular flexibility index (Phi) is 3.47. The quantitative estimate of drug-likeness (QED) is 0.737. The van der Waals surface area contributed by atoms with Crippen molar-refractivity contribution in [1.29, 1.82) is 10.5 Å². The van der Waals surface area contributed by atoms with Gasteiger partial charge >= 0.3 is 0 Å². The first kappa shape index (κ1) is 13.7. The molecule has 0 radical (unpaired) electrons. The number of nitrogens with zero attached hydrogens (tertiary/aromatic N) is 3. The van der Waals surface area contributed by atoms with Crippen LogP contribution in [0.3, 0.4) is 0 Å². The van der Waals surface area contributed by atoms with E-state index in [2.05, 4.69) is 17.1 Å². The first-order chi connectivity index (χ1) is 10.7. The van der Waals surface area contributed by atoms with Gasteiger partial charge in [0.1, 0.15) is 17.3 Å². The zero-order valence-electron chi connectivity index (χ0n) is 11.8. The van der Waals surface area contributed by atoms with Crippen molar-refractivity contribution >= 4 is 11.1 Å². The lowest BCUT2D eigenvalue weighted by Gasteiger charge is -2.05. The molecule has 3 aromatic rings. The molecule has 0 aliphatic rings. The number of aromatic nitrogens is 1. The zero-order valence-corrected chi connectivity index (χ0v) is 11.8. The average molecular weight is 289 g/mol. The number of benzene rings is 2. The highest BCUT2D eigenvalue weighted by molar-refractivity contribution is 5.74. The van der Waals surface area contributed by atoms with Gasteiger partial charge in [0.25, 0.3) is 0 Å². The number of hydrogen-bond acceptors (Lipinski definition) is 5. The van der Waals surface area contributed by atoms with Crippen LogP contribution in [-0.4, -0.2) is 4.98 Å². The molecule has 5 heteroatoms. The second-order valence-electron chi connectivity index (χ2n) is 4.80. The van der Waals surface area contributed by atoms with Crippen LogP contribution < -0.4 is 4.74 Å². The summed E-state index contributed by atoms with van der Waals surface area (Å²) in [6, 6.07) is 14.6. The van der Waals surface area contributed by atoms with E-state index in [0.717, 1.165) is 5.56 Å². The van der Waals surface area contributed by atoms with Crippen molar-refractivity contribution in [1.82, 2.24) is 4.98 Å². The fourth-order valence-electron chi connectivity index (χ4n) is 2.10. The summed E-state index contributed by atoms with van der Waals surface area (Å²) >= 11 is 0. The van der Waals surface area contributed by atoms with E-state index in [1.165, 1.54) is 0 Å². The van der Waals surface area contributed by atoms with Crippen molar-refractivity contribution in [2.24, 2.45) is 0 Å². The molecule has 1 heterocycles. The van der Waals surface area contributed by atoms with E-state index in [-0.39, 0.29) is 6.61 Å². The van der Waals surface area contributed by atoms with Crippen molar-refractivity contribution in [2.45, 2.75) is 13.5 Å². The first-order valence-corrected chi connectivity index (χ1v) is 6.63. The van der Waals surface area contributed by atoms with E-state index in [0.29, 0.717) is 33.9 Å². The lowest BCUT2D eigenvalue weighted by atomic mass is 10.1. The highest BCUT2D eigenvalue weighted by Gasteiger charge is 2.09. The van der Waals surface area contributed by atoms with E-state index in [1.807, 2.05) is 13.0 Å². The standard InChI is InChI=1S/C17H11N3O2/c1-11-2-5-15(13(6-11)9-19)21-10-17-20-14-4-3-12(8-18)7-16(14)22-17/h2-7H,10H2,1H3. The van der Waals surface area contributed by atoms with Crippen LogP contribution in [0.2, 0.25) is 0 Å². The second kappa shape index (κ2) is 5.59. The molecular formula is C17H11N3O2. The Bertz CT molecular complexity index is 929. The number of hydrogen-bond donors (Lipinski definition) is 0. The van der Waals surface area contributed by atoms with Crippen LogP contribution in [0.5, 0.6) is 5.75 Å². The Morgan fingerprint density at radius 2 is 2.00 bits per heavy atom. The number of nitriles is 2. The van der Waals surface area contributed by atoms with Gasteiger partial charge in [0.15, 0.2) is 12.2 Å². The minimum absolute atomic E-state index is 0.119. The van der Waals surface area contributed by atoms with Crippen molar-refractivity contribution in [3.8, 4) is 17.9 Å². The van der Waals surface area contributed by atoms with Crippen LogP contribution in [0.15, 0.2) is 40.8 Å². The summed E-state index contributed by atoms with van der Waals surface area (Å²) in [6.45, 7) is 2.03. The third-order valence-electron chi connectivity index (χ3n) is 3.17. The molecule has 3 rings (SSSR count). The van der Waals surface area contributed by atoms with E-state index in [9.17, 15) is 0 Å². The molecule has 5 nitrogen and oxygen atoms in total. The molecule has 0 N–H and O–H groups in total. The lowest BCUT2D eigenvalue weighted by Crippen LogP contribution is -1.97. The summed E-state index contributed by atoms with van der Waals surface area (Å²) in [7, 11) is 0. The molecule has 0 aliphatic heterocycles. The van der Waals surface area contributed by atoms with E-state index < -0.39 is 0 Å². The van der Waals surface area contributed by atoms with Gasteiger partial charge in [0.05, 0.1) is 17.2 Å². The summed E-state index contributed by atoms with van der Waals surface area (Å²) in [6.07, 6.45) is 0. The Labute approximate surface area is 127 Å². The number of aryl methyl sites for hydroxylation is 1. The maximum Gasteiger partial charge on any atom is 0.233 e. The monoisotopic (exact) mass is 289 g/mol. The average Bonchev–Trinajstić information content (AvgIpc) is 2.95. The van der Waals surface area contributed by atoms with E-state index in [4.69, 9.17) is 19.7 Å². The molecule has 0 aliphatic carbocycles. The van der Waals surface area contributed by atoms with Crippen LogP contribution in [0.4, 0.5) is 0 Å². The van der Waals surface area contributed by atoms with Crippen LogP contribution in [0.25, 0.3) is 11.1 Å². The molecule has 0 unspecified atom stereocenters. The van der Waals surface area contributed by atoms with E-state index in [1.54, 1.807) is 30.3 Å². The minimum Gasteiger partial charge on any atom is -0.482 e.